The molecule has 2 aromatic carbocycles. The number of nitrogens with two attached hydrogens (primary N) is 1. The lowest BCUT2D eigenvalue weighted by atomic mass is 10.0. The number of carbonyl (C=O) groups excluding carboxylic acids is 1. The SMILES string of the molecule is Cc1sc2ncnc(N)c2c1-c1ccc(C(=O)Nc2cccc(Cl)c2)cc1. The molecule has 0 aliphatic rings. The molecule has 0 radical (unpaired) electrons. The third-order valence-electron chi connectivity index (χ3n) is 4.21. The van der Waals surface area contributed by atoms with Crippen molar-refractivity contribution >= 4 is 50.6 Å². The van der Waals surface area contributed by atoms with Gasteiger partial charge in [0.05, 0.1) is 5.39 Å². The highest BCUT2D eigenvalue weighted by Gasteiger charge is 2.16. The van der Waals surface area contributed by atoms with Gasteiger partial charge in [-0.05, 0) is 42.8 Å². The molecule has 4 rings (SSSR count). The summed E-state index contributed by atoms with van der Waals surface area (Å²) in [6.45, 7) is 2.03. The summed E-state index contributed by atoms with van der Waals surface area (Å²) in [6.07, 6.45) is 1.47. The average Bonchev–Trinajstić information content (AvgIpc) is 2.99. The number of nitrogens with one attached hydrogen (secondary N) is 1. The Balaban J connectivity index is 1.65. The zero-order valence-corrected chi connectivity index (χ0v) is 15.9. The molecule has 5 nitrogen and oxygen atoms in total. The number of hydrogen-bond donors (Lipinski definition) is 2. The van der Waals surface area contributed by atoms with Crippen LogP contribution in [-0.4, -0.2) is 15.9 Å². The summed E-state index contributed by atoms with van der Waals surface area (Å²) in [4.78, 5) is 22.8. The van der Waals surface area contributed by atoms with Crippen molar-refractivity contribution in [2.24, 2.45) is 0 Å². The first-order valence-corrected chi connectivity index (χ1v) is 9.39. The molecule has 134 valence electrons. The molecule has 0 bridgehead atoms. The fourth-order valence-corrected chi connectivity index (χ4v) is 4.18. The third-order valence-corrected chi connectivity index (χ3v) is 5.46. The number of rotatable bonds is 3. The van der Waals surface area contributed by atoms with Gasteiger partial charge in [-0.3, -0.25) is 4.79 Å². The first-order chi connectivity index (χ1) is 13.0. The molecule has 0 saturated heterocycles. The number of aromatic nitrogens is 2. The van der Waals surface area contributed by atoms with Crippen LogP contribution in [-0.2, 0) is 0 Å². The number of thiophene rings is 1. The van der Waals surface area contributed by atoms with Crippen LogP contribution in [0.5, 0.6) is 0 Å². The molecule has 0 aliphatic heterocycles. The molecule has 0 atom stereocenters. The van der Waals surface area contributed by atoms with Crippen LogP contribution in [0.1, 0.15) is 15.2 Å². The Labute approximate surface area is 164 Å². The van der Waals surface area contributed by atoms with E-state index in [1.807, 2.05) is 19.1 Å². The van der Waals surface area contributed by atoms with E-state index in [2.05, 4.69) is 15.3 Å². The van der Waals surface area contributed by atoms with Crippen LogP contribution in [0.15, 0.2) is 54.9 Å². The summed E-state index contributed by atoms with van der Waals surface area (Å²) < 4.78 is 0. The molecule has 2 aromatic heterocycles. The molecule has 7 heteroatoms. The number of benzene rings is 2. The minimum absolute atomic E-state index is 0.196. The van der Waals surface area contributed by atoms with Gasteiger partial charge in [0.25, 0.3) is 5.91 Å². The second-order valence-corrected chi connectivity index (χ2v) is 7.65. The molecule has 0 fully saturated rings. The Morgan fingerprint density at radius 2 is 1.93 bits per heavy atom. The van der Waals surface area contributed by atoms with E-state index in [9.17, 15) is 4.79 Å². The highest BCUT2D eigenvalue weighted by atomic mass is 35.5. The Hall–Kier alpha value is -2.96. The molecule has 0 saturated carbocycles. The van der Waals surface area contributed by atoms with Gasteiger partial charge in [-0.25, -0.2) is 9.97 Å². The van der Waals surface area contributed by atoms with Crippen LogP contribution in [0.25, 0.3) is 21.3 Å². The monoisotopic (exact) mass is 394 g/mol. The lowest BCUT2D eigenvalue weighted by Gasteiger charge is -2.07. The maximum absolute atomic E-state index is 12.5. The molecule has 27 heavy (non-hydrogen) atoms. The van der Waals surface area contributed by atoms with Gasteiger partial charge in [-0.15, -0.1) is 11.3 Å². The van der Waals surface area contributed by atoms with Crippen molar-refractivity contribution < 1.29 is 4.79 Å². The summed E-state index contributed by atoms with van der Waals surface area (Å²) in [6, 6.07) is 14.4. The van der Waals surface area contributed by atoms with Gasteiger partial charge in [0.1, 0.15) is 17.0 Å². The van der Waals surface area contributed by atoms with E-state index < -0.39 is 0 Å². The molecule has 0 spiro atoms. The first kappa shape index (κ1) is 17.5. The van der Waals surface area contributed by atoms with E-state index in [4.69, 9.17) is 17.3 Å². The molecular weight excluding hydrogens is 380 g/mol. The topological polar surface area (TPSA) is 80.9 Å². The van der Waals surface area contributed by atoms with Crippen molar-refractivity contribution in [2.45, 2.75) is 6.92 Å². The highest BCUT2D eigenvalue weighted by Crippen LogP contribution is 2.39. The number of nitrogens with zero attached hydrogens (tertiary/aromatic N) is 2. The standard InChI is InChI=1S/C20H15ClN4OS/c1-11-16(17-18(22)23-10-24-20(17)27-11)12-5-7-13(8-6-12)19(26)25-15-4-2-3-14(21)9-15/h2-10H,1H3,(H,25,26)(H2,22,23,24). The van der Waals surface area contributed by atoms with E-state index in [1.54, 1.807) is 47.7 Å². The smallest absolute Gasteiger partial charge is 0.255 e. The van der Waals surface area contributed by atoms with Gasteiger partial charge in [0.2, 0.25) is 0 Å². The van der Waals surface area contributed by atoms with Crippen molar-refractivity contribution in [3.05, 3.63) is 70.3 Å². The largest absolute Gasteiger partial charge is 0.383 e. The second-order valence-electron chi connectivity index (χ2n) is 6.01. The lowest BCUT2D eigenvalue weighted by Crippen LogP contribution is -2.11. The maximum Gasteiger partial charge on any atom is 0.255 e. The number of fused-ring (bicyclic) bond motifs is 1. The van der Waals surface area contributed by atoms with Crippen molar-refractivity contribution in [3.63, 3.8) is 0 Å². The molecule has 0 aliphatic carbocycles. The van der Waals surface area contributed by atoms with Crippen molar-refractivity contribution in [1.29, 1.82) is 0 Å². The van der Waals surface area contributed by atoms with Crippen LogP contribution in [0.4, 0.5) is 11.5 Å². The summed E-state index contributed by atoms with van der Waals surface area (Å²) in [5.41, 5.74) is 9.26. The number of aryl methyl sites for hydroxylation is 1. The third kappa shape index (κ3) is 3.37. The number of amides is 1. The molecule has 4 aromatic rings. The van der Waals surface area contributed by atoms with E-state index in [-0.39, 0.29) is 5.91 Å². The maximum atomic E-state index is 12.5. The Morgan fingerprint density at radius 1 is 1.15 bits per heavy atom. The van der Waals surface area contributed by atoms with Crippen molar-refractivity contribution in [1.82, 2.24) is 9.97 Å². The van der Waals surface area contributed by atoms with Crippen LogP contribution < -0.4 is 11.1 Å². The zero-order valence-electron chi connectivity index (χ0n) is 14.4. The molecule has 0 unspecified atom stereocenters. The normalized spacial score (nSPS) is 10.9. The van der Waals surface area contributed by atoms with Gasteiger partial charge in [-0.1, -0.05) is 29.8 Å². The molecule has 1 amide bonds. The fraction of sp³-hybridized carbons (Fsp3) is 0.0500. The number of halogens is 1. The zero-order chi connectivity index (χ0) is 19.0. The van der Waals surface area contributed by atoms with Gasteiger partial charge in [-0.2, -0.15) is 0 Å². The number of carbonyl (C=O) groups is 1. The summed E-state index contributed by atoms with van der Waals surface area (Å²) in [5.74, 6) is 0.265. The molecule has 3 N–H and O–H groups in total. The lowest BCUT2D eigenvalue weighted by molar-refractivity contribution is 0.102. The number of nitrogen functional groups attached to an aromatic ring is 1. The highest BCUT2D eigenvalue weighted by molar-refractivity contribution is 7.19. The number of hydrogen-bond acceptors (Lipinski definition) is 5. The van der Waals surface area contributed by atoms with Crippen LogP contribution >= 0.6 is 22.9 Å². The van der Waals surface area contributed by atoms with Crippen LogP contribution in [0, 0.1) is 6.92 Å². The van der Waals surface area contributed by atoms with Gasteiger partial charge >= 0.3 is 0 Å². The second kappa shape index (κ2) is 6.98. The summed E-state index contributed by atoms with van der Waals surface area (Å²) in [5, 5.41) is 4.27. The van der Waals surface area contributed by atoms with Crippen molar-refractivity contribution in [2.75, 3.05) is 11.1 Å². The summed E-state index contributed by atoms with van der Waals surface area (Å²) in [7, 11) is 0. The van der Waals surface area contributed by atoms with Crippen LogP contribution in [0.3, 0.4) is 0 Å². The Kier molecular flexibility index (Phi) is 4.51. The molecular formula is C20H15ClN4OS. The first-order valence-electron chi connectivity index (χ1n) is 8.20. The Morgan fingerprint density at radius 3 is 2.67 bits per heavy atom. The number of anilines is 2. The minimum atomic E-state index is -0.196. The van der Waals surface area contributed by atoms with Crippen molar-refractivity contribution in [3.8, 4) is 11.1 Å². The minimum Gasteiger partial charge on any atom is -0.383 e. The quantitative estimate of drug-likeness (QED) is 0.503. The van der Waals surface area contributed by atoms with Gasteiger partial charge in [0, 0.05) is 26.7 Å². The van der Waals surface area contributed by atoms with Crippen LogP contribution in [0.2, 0.25) is 5.02 Å². The summed E-state index contributed by atoms with van der Waals surface area (Å²) >= 11 is 7.54. The molecule has 2 heterocycles. The van der Waals surface area contributed by atoms with Gasteiger partial charge in [0.15, 0.2) is 0 Å². The average molecular weight is 395 g/mol. The van der Waals surface area contributed by atoms with Gasteiger partial charge < -0.3 is 11.1 Å². The predicted molar refractivity (Wildman–Crippen MR) is 111 cm³/mol. The van der Waals surface area contributed by atoms with E-state index in [0.29, 0.717) is 22.1 Å². The van der Waals surface area contributed by atoms with E-state index >= 15 is 0 Å². The van der Waals surface area contributed by atoms with E-state index in [1.165, 1.54) is 6.33 Å². The fourth-order valence-electron chi connectivity index (χ4n) is 2.97. The Bertz CT molecular complexity index is 1150. The van der Waals surface area contributed by atoms with E-state index in [0.717, 1.165) is 26.2 Å². The predicted octanol–water partition coefficient (Wildman–Crippen LogP) is 5.15.